The first-order valence-electron chi connectivity index (χ1n) is 7.58. The number of nitrogens with one attached hydrogen (secondary N) is 1. The van der Waals surface area contributed by atoms with E-state index in [1.165, 1.54) is 35.4 Å². The summed E-state index contributed by atoms with van der Waals surface area (Å²) in [5.41, 5.74) is -1.02. The molecule has 27 heavy (non-hydrogen) atoms. The maximum absolute atomic E-state index is 13.1. The van der Waals surface area contributed by atoms with Crippen LogP contribution in [0, 0.1) is 0 Å². The number of pyridine rings is 1. The quantitative estimate of drug-likeness (QED) is 0.339. The first kappa shape index (κ1) is 20.0. The number of carbonyl (C=O) groups excluding carboxylic acids is 1. The number of alkyl halides is 4. The van der Waals surface area contributed by atoms with Gasteiger partial charge in [0.1, 0.15) is 0 Å². The average Bonchev–Trinajstić information content (AvgIpc) is 3.01. The zero-order valence-electron chi connectivity index (χ0n) is 13.5. The van der Waals surface area contributed by atoms with Crippen molar-refractivity contribution in [2.45, 2.75) is 16.8 Å². The Labute approximate surface area is 168 Å². The van der Waals surface area contributed by atoms with Gasteiger partial charge in [-0.15, -0.1) is 0 Å². The molecule has 3 rings (SSSR count). The van der Waals surface area contributed by atoms with Crippen molar-refractivity contribution in [1.29, 1.82) is 0 Å². The van der Waals surface area contributed by atoms with Crippen molar-refractivity contribution < 1.29 is 47.8 Å². The second-order valence-corrected chi connectivity index (χ2v) is 8.00. The SMILES string of the molecule is O=C1N[C@H]([I-]O)CN1c1ccc(OCc2c(Cl)cccc2C(F)(F)F)cn1. The molecule has 0 bridgehead atoms. The Morgan fingerprint density at radius 1 is 1.37 bits per heavy atom. The van der Waals surface area contributed by atoms with Crippen molar-refractivity contribution in [1.82, 2.24) is 10.3 Å². The van der Waals surface area contributed by atoms with Crippen molar-refractivity contribution in [3.05, 3.63) is 52.7 Å². The molecular formula is C16H13ClF3IN3O3-. The maximum atomic E-state index is 13.1. The van der Waals surface area contributed by atoms with E-state index in [2.05, 4.69) is 10.3 Å². The number of rotatable bonds is 5. The molecule has 0 unspecified atom stereocenters. The summed E-state index contributed by atoms with van der Waals surface area (Å²) in [4.78, 5) is 17.3. The fraction of sp³-hybridized carbons (Fsp3) is 0.250. The summed E-state index contributed by atoms with van der Waals surface area (Å²) >= 11 is 4.76. The summed E-state index contributed by atoms with van der Waals surface area (Å²) in [7, 11) is 0. The number of hydrogen-bond donors (Lipinski definition) is 2. The molecule has 1 aromatic heterocycles. The minimum absolute atomic E-state index is 0.0403. The molecule has 2 heterocycles. The van der Waals surface area contributed by atoms with Crippen LogP contribution >= 0.6 is 11.6 Å². The van der Waals surface area contributed by atoms with E-state index < -0.39 is 33.4 Å². The number of carbonyl (C=O) groups is 1. The molecule has 1 atom stereocenters. The summed E-state index contributed by atoms with van der Waals surface area (Å²) in [6.45, 7) is -0.0683. The number of aromatic nitrogens is 1. The Morgan fingerprint density at radius 3 is 2.74 bits per heavy atom. The molecule has 1 aliphatic heterocycles. The number of urea groups is 1. The van der Waals surface area contributed by atoms with Gasteiger partial charge in [-0.25, -0.2) is 0 Å². The fourth-order valence-electron chi connectivity index (χ4n) is 2.50. The summed E-state index contributed by atoms with van der Waals surface area (Å²) in [5.74, 6) is 0.589. The van der Waals surface area contributed by atoms with E-state index in [1.807, 2.05) is 0 Å². The predicted molar refractivity (Wildman–Crippen MR) is 86.9 cm³/mol. The molecule has 1 aromatic carbocycles. The second-order valence-electron chi connectivity index (χ2n) is 5.53. The molecule has 2 amide bonds. The van der Waals surface area contributed by atoms with Crippen LogP contribution in [0.3, 0.4) is 0 Å². The van der Waals surface area contributed by atoms with E-state index >= 15 is 0 Å². The Hall–Kier alpha value is -1.79. The van der Waals surface area contributed by atoms with Crippen molar-refractivity contribution in [3.63, 3.8) is 0 Å². The molecule has 1 fully saturated rings. The van der Waals surface area contributed by atoms with E-state index in [0.717, 1.165) is 6.07 Å². The van der Waals surface area contributed by atoms with Crippen molar-refractivity contribution in [2.24, 2.45) is 0 Å². The number of benzene rings is 1. The van der Waals surface area contributed by atoms with Crippen LogP contribution < -0.4 is 36.6 Å². The first-order valence-corrected chi connectivity index (χ1v) is 10.2. The molecular weight excluding hydrogens is 502 g/mol. The van der Waals surface area contributed by atoms with E-state index in [4.69, 9.17) is 16.3 Å². The van der Waals surface area contributed by atoms with Crippen LogP contribution in [0.15, 0.2) is 36.5 Å². The van der Waals surface area contributed by atoms with Gasteiger partial charge in [0.25, 0.3) is 0 Å². The molecule has 0 aliphatic carbocycles. The molecule has 0 saturated carbocycles. The molecule has 2 N–H and O–H groups in total. The van der Waals surface area contributed by atoms with Gasteiger partial charge in [-0.2, -0.15) is 13.2 Å². The van der Waals surface area contributed by atoms with Crippen molar-refractivity contribution >= 4 is 23.4 Å². The molecule has 1 aliphatic rings. The normalized spacial score (nSPS) is 17.3. The fourth-order valence-corrected chi connectivity index (χ4v) is 3.70. The molecule has 11 heteroatoms. The Balaban J connectivity index is 1.71. The van der Waals surface area contributed by atoms with Gasteiger partial charge in [0, 0.05) is 0 Å². The summed E-state index contributed by atoms with van der Waals surface area (Å²) in [6, 6.07) is 6.20. The van der Waals surface area contributed by atoms with Crippen LogP contribution in [0.2, 0.25) is 5.02 Å². The van der Waals surface area contributed by atoms with Crippen LogP contribution in [0.5, 0.6) is 5.75 Å². The van der Waals surface area contributed by atoms with Gasteiger partial charge in [-0.05, 0) is 0 Å². The van der Waals surface area contributed by atoms with Gasteiger partial charge in [0.2, 0.25) is 0 Å². The number of ether oxygens (including phenoxy) is 1. The second kappa shape index (κ2) is 8.07. The van der Waals surface area contributed by atoms with Gasteiger partial charge in [-0.1, -0.05) is 6.07 Å². The Kier molecular flexibility index (Phi) is 5.96. The standard InChI is InChI=1S/C16H13ClF3IN3O3/c17-12-3-1-2-11(16(18,19)20)10(12)8-27-9-4-5-14(22-6-9)24-7-13(21-26)23-15(24)25/h1-6,13,26H,7-8H2,(H,23,25)/q-1/t13-/m0/s1. The molecule has 6 nitrogen and oxygen atoms in total. The molecule has 1 saturated heterocycles. The van der Waals surface area contributed by atoms with Crippen LogP contribution in [0.4, 0.5) is 23.8 Å². The predicted octanol–water partition coefficient (Wildman–Crippen LogP) is 0.185. The number of amides is 2. The van der Waals surface area contributed by atoms with E-state index in [9.17, 15) is 21.4 Å². The number of nitrogens with zero attached hydrogens (tertiary/aromatic N) is 2. The number of halogens is 5. The van der Waals surface area contributed by atoms with Gasteiger partial charge in [0.05, 0.1) is 0 Å². The monoisotopic (exact) mass is 514 g/mol. The van der Waals surface area contributed by atoms with E-state index in [1.54, 1.807) is 0 Å². The van der Waals surface area contributed by atoms with Crippen LogP contribution in [-0.4, -0.2) is 25.0 Å². The third-order valence-corrected chi connectivity index (χ3v) is 5.52. The zero-order valence-corrected chi connectivity index (χ0v) is 16.4. The number of anilines is 1. The molecule has 146 valence electrons. The summed E-state index contributed by atoms with van der Waals surface area (Å²) in [5, 5.41) is 2.59. The average molecular weight is 515 g/mol. The van der Waals surface area contributed by atoms with Crippen LogP contribution in [0.1, 0.15) is 11.1 Å². The summed E-state index contributed by atoms with van der Waals surface area (Å²) < 4.78 is 53.6. The van der Waals surface area contributed by atoms with E-state index in [0.29, 0.717) is 12.4 Å². The van der Waals surface area contributed by atoms with Gasteiger partial charge in [-0.3, -0.25) is 0 Å². The molecule has 2 aromatic rings. The number of hydrogen-bond acceptors (Lipinski definition) is 4. The first-order chi connectivity index (χ1) is 12.8. The zero-order chi connectivity index (χ0) is 19.6. The van der Waals surface area contributed by atoms with Gasteiger partial charge >= 0.3 is 149 Å². The summed E-state index contributed by atoms with van der Waals surface area (Å²) in [6.07, 6.45) is -3.23. The molecule has 0 radical (unpaired) electrons. The van der Waals surface area contributed by atoms with Crippen LogP contribution in [-0.2, 0) is 12.8 Å². The van der Waals surface area contributed by atoms with E-state index in [-0.39, 0.29) is 33.0 Å². The van der Waals surface area contributed by atoms with Crippen LogP contribution in [0.25, 0.3) is 0 Å². The minimum atomic E-state index is -4.54. The van der Waals surface area contributed by atoms with Gasteiger partial charge in [0.15, 0.2) is 0 Å². The topological polar surface area (TPSA) is 74.7 Å². The van der Waals surface area contributed by atoms with Crippen molar-refractivity contribution in [2.75, 3.05) is 11.4 Å². The van der Waals surface area contributed by atoms with Crippen molar-refractivity contribution in [3.8, 4) is 5.75 Å². The molecule has 0 spiro atoms. The van der Waals surface area contributed by atoms with Gasteiger partial charge < -0.3 is 0 Å². The Bertz CT molecular complexity index is 836. The Morgan fingerprint density at radius 2 is 2.15 bits per heavy atom. The third kappa shape index (κ3) is 4.55. The third-order valence-electron chi connectivity index (χ3n) is 3.79.